The molecule has 0 bridgehead atoms. The monoisotopic (exact) mass is 781 g/mol. The number of anilines is 3. The first-order valence-corrected chi connectivity index (χ1v) is 21.3. The summed E-state index contributed by atoms with van der Waals surface area (Å²) in [7, 11) is 0. The van der Waals surface area contributed by atoms with Gasteiger partial charge < -0.3 is 4.90 Å². The maximum atomic E-state index is 2.46. The smallest absolute Gasteiger partial charge is 0.0546 e. The molecule has 0 aliphatic heterocycles. The van der Waals surface area contributed by atoms with E-state index in [2.05, 4.69) is 241 Å². The van der Waals surface area contributed by atoms with Crippen LogP contribution in [-0.2, 0) is 0 Å². The maximum Gasteiger partial charge on any atom is 0.0546 e. The Balaban J connectivity index is 1.13. The first-order valence-electron chi connectivity index (χ1n) is 20.5. The van der Waals surface area contributed by atoms with E-state index >= 15 is 0 Å². The van der Waals surface area contributed by atoms with Crippen molar-refractivity contribution in [1.29, 1.82) is 0 Å². The summed E-state index contributed by atoms with van der Waals surface area (Å²) >= 11 is 1.87. The molecule has 282 valence electrons. The van der Waals surface area contributed by atoms with Gasteiger partial charge in [-0.2, -0.15) is 0 Å². The normalized spacial score (nSPS) is 11.3. The molecule has 0 saturated heterocycles. The predicted octanol–water partition coefficient (Wildman–Crippen LogP) is 17.0. The largest absolute Gasteiger partial charge is 0.310 e. The first-order chi connectivity index (χ1) is 29.8. The number of hydrogen-bond acceptors (Lipinski definition) is 2. The van der Waals surface area contributed by atoms with Crippen LogP contribution < -0.4 is 4.90 Å². The van der Waals surface area contributed by atoms with E-state index in [1.54, 1.807) is 0 Å². The Morgan fingerprint density at radius 1 is 0.300 bits per heavy atom. The Bertz CT molecular complexity index is 3220. The number of thiophene rings is 1. The van der Waals surface area contributed by atoms with Crippen molar-refractivity contribution in [3.05, 3.63) is 237 Å². The number of benzene rings is 10. The highest BCUT2D eigenvalue weighted by Gasteiger charge is 2.22. The van der Waals surface area contributed by atoms with E-state index in [-0.39, 0.29) is 0 Å². The Morgan fingerprint density at radius 3 is 1.47 bits per heavy atom. The lowest BCUT2D eigenvalue weighted by Crippen LogP contribution is -2.11. The average molecular weight is 782 g/mol. The molecular formula is C58H39NS. The van der Waals surface area contributed by atoms with Crippen LogP contribution in [0.4, 0.5) is 17.1 Å². The molecule has 0 radical (unpaired) electrons. The molecule has 0 atom stereocenters. The van der Waals surface area contributed by atoms with Crippen molar-refractivity contribution in [1.82, 2.24) is 0 Å². The van der Waals surface area contributed by atoms with Gasteiger partial charge in [0.05, 0.1) is 5.69 Å². The highest BCUT2D eigenvalue weighted by Crippen LogP contribution is 2.48. The summed E-state index contributed by atoms with van der Waals surface area (Å²) in [6.07, 6.45) is 0. The topological polar surface area (TPSA) is 3.24 Å². The molecule has 0 aliphatic carbocycles. The maximum absolute atomic E-state index is 2.46. The lowest BCUT2D eigenvalue weighted by molar-refractivity contribution is 1.30. The molecule has 1 nitrogen and oxygen atoms in total. The van der Waals surface area contributed by atoms with Gasteiger partial charge in [0.2, 0.25) is 0 Å². The van der Waals surface area contributed by atoms with Crippen LogP contribution in [0.2, 0.25) is 0 Å². The SMILES string of the molecule is c1ccc(-c2cccc(-c3ccccc3)c2-c2ccc(N(c3ccc4c(c3)sc3cccc(-c5ccccc5)c34)c3ccc4ccccc4c3-c3ccccc3)cc2)cc1. The molecule has 1 aromatic heterocycles. The molecule has 0 amide bonds. The molecule has 11 rings (SSSR count). The summed E-state index contributed by atoms with van der Waals surface area (Å²) < 4.78 is 2.56. The third kappa shape index (κ3) is 6.35. The van der Waals surface area contributed by atoms with Crippen LogP contribution in [0.15, 0.2) is 237 Å². The van der Waals surface area contributed by atoms with Crippen molar-refractivity contribution in [2.24, 2.45) is 0 Å². The van der Waals surface area contributed by atoms with Gasteiger partial charge in [0, 0.05) is 37.1 Å². The zero-order valence-corrected chi connectivity index (χ0v) is 33.7. The molecule has 1 heterocycles. The standard InChI is InChI=1S/C58H39NS/c1-5-17-40(18-6-1)48-27-15-28-49(41-19-7-2-8-20-41)56(48)45-31-34-46(35-32-45)59(53-38-33-43-23-13-14-26-50(43)57(53)44-24-11-4-12-25-44)47-36-37-52-55(39-47)60-54-30-16-29-51(58(52)54)42-21-9-3-10-22-42/h1-39H. The van der Waals surface area contributed by atoms with Gasteiger partial charge in [-0.3, -0.25) is 0 Å². The number of hydrogen-bond donors (Lipinski definition) is 0. The van der Waals surface area contributed by atoms with E-state index in [4.69, 9.17) is 0 Å². The molecule has 0 N–H and O–H groups in total. The van der Waals surface area contributed by atoms with Crippen LogP contribution in [-0.4, -0.2) is 0 Å². The molecule has 0 unspecified atom stereocenters. The summed E-state index contributed by atoms with van der Waals surface area (Å²) in [6, 6.07) is 86.1. The van der Waals surface area contributed by atoms with Crippen LogP contribution in [0.1, 0.15) is 0 Å². The van der Waals surface area contributed by atoms with Gasteiger partial charge in [-0.1, -0.05) is 200 Å². The van der Waals surface area contributed by atoms with Crippen molar-refractivity contribution in [3.63, 3.8) is 0 Å². The summed E-state index contributed by atoms with van der Waals surface area (Å²) in [5.74, 6) is 0. The van der Waals surface area contributed by atoms with Crippen molar-refractivity contribution in [2.45, 2.75) is 0 Å². The third-order valence-corrected chi connectivity index (χ3v) is 12.8. The number of rotatable bonds is 8. The Morgan fingerprint density at radius 2 is 0.817 bits per heavy atom. The highest BCUT2D eigenvalue weighted by molar-refractivity contribution is 7.26. The zero-order chi connectivity index (χ0) is 39.8. The lowest BCUT2D eigenvalue weighted by Gasteiger charge is -2.29. The predicted molar refractivity (Wildman–Crippen MR) is 259 cm³/mol. The van der Waals surface area contributed by atoms with Gasteiger partial charge in [-0.15, -0.1) is 11.3 Å². The molecule has 2 heteroatoms. The minimum atomic E-state index is 1.09. The quantitative estimate of drug-likeness (QED) is 0.148. The summed E-state index contributed by atoms with van der Waals surface area (Å²) in [5, 5.41) is 5.03. The van der Waals surface area contributed by atoms with Gasteiger partial charge >= 0.3 is 0 Å². The van der Waals surface area contributed by atoms with E-state index in [1.165, 1.54) is 86.6 Å². The molecule has 10 aromatic carbocycles. The van der Waals surface area contributed by atoms with Crippen molar-refractivity contribution < 1.29 is 0 Å². The van der Waals surface area contributed by atoms with Crippen molar-refractivity contribution in [3.8, 4) is 55.6 Å². The van der Waals surface area contributed by atoms with E-state index in [1.807, 2.05) is 11.3 Å². The van der Waals surface area contributed by atoms with Gasteiger partial charge in [-0.05, 0) is 97.2 Å². The van der Waals surface area contributed by atoms with E-state index < -0.39 is 0 Å². The fourth-order valence-corrected chi connectivity index (χ4v) is 10.1. The Kier molecular flexibility index (Phi) is 9.11. The molecule has 0 spiro atoms. The fourth-order valence-electron chi connectivity index (χ4n) is 8.95. The van der Waals surface area contributed by atoms with Crippen LogP contribution in [0.3, 0.4) is 0 Å². The zero-order valence-electron chi connectivity index (χ0n) is 32.9. The van der Waals surface area contributed by atoms with Crippen molar-refractivity contribution in [2.75, 3.05) is 4.90 Å². The minimum absolute atomic E-state index is 1.09. The first kappa shape index (κ1) is 35.6. The summed E-state index contributed by atoms with van der Waals surface area (Å²) in [5.41, 5.74) is 15.5. The van der Waals surface area contributed by atoms with Crippen LogP contribution >= 0.6 is 11.3 Å². The Hall–Kier alpha value is -7.52. The Labute approximate surface area is 354 Å². The minimum Gasteiger partial charge on any atom is -0.310 e. The van der Waals surface area contributed by atoms with E-state index in [0.717, 1.165) is 17.1 Å². The van der Waals surface area contributed by atoms with Gasteiger partial charge in [0.1, 0.15) is 0 Å². The van der Waals surface area contributed by atoms with Gasteiger partial charge in [0.25, 0.3) is 0 Å². The molecule has 0 aliphatic rings. The van der Waals surface area contributed by atoms with Crippen molar-refractivity contribution >= 4 is 59.3 Å². The highest BCUT2D eigenvalue weighted by atomic mass is 32.1. The summed E-state index contributed by atoms with van der Waals surface area (Å²) in [4.78, 5) is 2.46. The van der Waals surface area contributed by atoms with E-state index in [9.17, 15) is 0 Å². The third-order valence-electron chi connectivity index (χ3n) is 11.7. The van der Waals surface area contributed by atoms with Gasteiger partial charge in [0.15, 0.2) is 0 Å². The van der Waals surface area contributed by atoms with Crippen LogP contribution in [0.5, 0.6) is 0 Å². The number of fused-ring (bicyclic) bond motifs is 4. The number of nitrogens with zero attached hydrogens (tertiary/aromatic N) is 1. The second kappa shape index (κ2) is 15.3. The fraction of sp³-hybridized carbons (Fsp3) is 0. The molecule has 0 fully saturated rings. The molecule has 11 aromatic rings. The van der Waals surface area contributed by atoms with Crippen LogP contribution in [0, 0.1) is 0 Å². The second-order valence-electron chi connectivity index (χ2n) is 15.2. The summed E-state index contributed by atoms with van der Waals surface area (Å²) in [6.45, 7) is 0. The van der Waals surface area contributed by atoms with Gasteiger partial charge in [-0.25, -0.2) is 0 Å². The van der Waals surface area contributed by atoms with E-state index in [0.29, 0.717) is 0 Å². The molecule has 0 saturated carbocycles. The second-order valence-corrected chi connectivity index (χ2v) is 16.3. The average Bonchev–Trinajstić information content (AvgIpc) is 3.71. The lowest BCUT2D eigenvalue weighted by atomic mass is 9.87. The molecule has 60 heavy (non-hydrogen) atoms. The molecular weight excluding hydrogens is 743 g/mol. The van der Waals surface area contributed by atoms with Crippen LogP contribution in [0.25, 0.3) is 86.6 Å².